The molecule has 0 spiro atoms. The first kappa shape index (κ1) is 21.4. The van der Waals surface area contributed by atoms with Crippen LogP contribution in [0.2, 0.25) is 0 Å². The predicted molar refractivity (Wildman–Crippen MR) is 111 cm³/mol. The second kappa shape index (κ2) is 11.0. The fourth-order valence-electron chi connectivity index (χ4n) is 2.86. The van der Waals surface area contributed by atoms with Crippen molar-refractivity contribution in [3.8, 4) is 17.2 Å². The number of hydrogen-bond donors (Lipinski definition) is 1. The zero-order chi connectivity index (χ0) is 20.4. The van der Waals surface area contributed by atoms with Crippen molar-refractivity contribution >= 4 is 17.6 Å². The summed E-state index contributed by atoms with van der Waals surface area (Å²) in [7, 11) is 3.15. The van der Waals surface area contributed by atoms with Gasteiger partial charge in [0.15, 0.2) is 11.5 Å². The Morgan fingerprint density at radius 3 is 2.36 bits per heavy atom. The van der Waals surface area contributed by atoms with Crippen LogP contribution < -0.4 is 14.2 Å². The molecule has 0 unspecified atom stereocenters. The molecule has 150 valence electrons. The predicted octanol–water partition coefficient (Wildman–Crippen LogP) is 5.29. The number of carboxylic acids is 1. The lowest BCUT2D eigenvalue weighted by Gasteiger charge is -2.14. The molecule has 0 atom stereocenters. The molecule has 0 aliphatic heterocycles. The molecule has 0 heterocycles. The molecule has 0 aliphatic rings. The number of aliphatic carboxylic acids is 1. The highest BCUT2D eigenvalue weighted by molar-refractivity contribution is 6.20. The molecule has 0 aliphatic carbocycles. The Morgan fingerprint density at radius 2 is 1.75 bits per heavy atom. The van der Waals surface area contributed by atoms with Crippen LogP contribution in [-0.2, 0) is 4.79 Å². The van der Waals surface area contributed by atoms with Gasteiger partial charge in [0.25, 0.3) is 0 Å². The maximum absolute atomic E-state index is 11.9. The fourth-order valence-corrected chi connectivity index (χ4v) is 2.86. The van der Waals surface area contributed by atoms with Crippen LogP contribution in [0.4, 0.5) is 0 Å². The minimum atomic E-state index is -1.01. The molecule has 0 saturated carbocycles. The van der Waals surface area contributed by atoms with Crippen LogP contribution in [0.3, 0.4) is 0 Å². The Balaban J connectivity index is 2.35. The molecule has 2 aromatic carbocycles. The van der Waals surface area contributed by atoms with E-state index in [0.29, 0.717) is 35.0 Å². The summed E-state index contributed by atoms with van der Waals surface area (Å²) in [5.41, 5.74) is 1.43. The first-order chi connectivity index (χ1) is 13.6. The molecule has 0 amide bonds. The smallest absolute Gasteiger partial charge is 0.336 e. The molecule has 2 aromatic rings. The summed E-state index contributed by atoms with van der Waals surface area (Å²) in [6.07, 6.45) is 5.99. The van der Waals surface area contributed by atoms with Crippen molar-refractivity contribution in [2.75, 3.05) is 20.8 Å². The van der Waals surface area contributed by atoms with E-state index >= 15 is 0 Å². The molecule has 0 bridgehead atoms. The molecule has 0 radical (unpaired) electrons. The minimum Gasteiger partial charge on any atom is -0.497 e. The van der Waals surface area contributed by atoms with Crippen LogP contribution >= 0.6 is 0 Å². The molecular formula is C23H28O5. The van der Waals surface area contributed by atoms with Crippen LogP contribution in [-0.4, -0.2) is 31.9 Å². The number of para-hydroxylation sites is 1. The van der Waals surface area contributed by atoms with Gasteiger partial charge in [0.05, 0.1) is 26.4 Å². The quantitative estimate of drug-likeness (QED) is 0.324. The van der Waals surface area contributed by atoms with Gasteiger partial charge in [-0.1, -0.05) is 50.5 Å². The third-order valence-electron chi connectivity index (χ3n) is 4.40. The molecular weight excluding hydrogens is 356 g/mol. The highest BCUT2D eigenvalue weighted by Gasteiger charge is 2.15. The minimum absolute atomic E-state index is 0.173. The molecule has 1 N–H and O–H groups in total. The number of methoxy groups -OCH3 is 2. The maximum atomic E-state index is 11.9. The van der Waals surface area contributed by atoms with E-state index in [2.05, 4.69) is 6.92 Å². The van der Waals surface area contributed by atoms with Crippen LogP contribution in [0.25, 0.3) is 11.6 Å². The second-order valence-electron chi connectivity index (χ2n) is 6.38. The second-order valence-corrected chi connectivity index (χ2v) is 6.38. The van der Waals surface area contributed by atoms with Crippen LogP contribution in [0, 0.1) is 0 Å². The van der Waals surface area contributed by atoms with Crippen LogP contribution in [0.5, 0.6) is 17.2 Å². The van der Waals surface area contributed by atoms with Crippen molar-refractivity contribution < 1.29 is 24.1 Å². The van der Waals surface area contributed by atoms with E-state index in [0.717, 1.165) is 19.3 Å². The Bertz CT molecular complexity index is 793. The van der Waals surface area contributed by atoms with Gasteiger partial charge in [0.1, 0.15) is 5.75 Å². The van der Waals surface area contributed by atoms with Gasteiger partial charge in [0, 0.05) is 5.56 Å². The van der Waals surface area contributed by atoms with Gasteiger partial charge in [-0.3, -0.25) is 0 Å². The van der Waals surface area contributed by atoms with E-state index in [-0.39, 0.29) is 5.57 Å². The Labute approximate surface area is 166 Å². The summed E-state index contributed by atoms with van der Waals surface area (Å²) in [6, 6.07) is 12.4. The average molecular weight is 384 g/mol. The maximum Gasteiger partial charge on any atom is 0.336 e. The summed E-state index contributed by atoms with van der Waals surface area (Å²) >= 11 is 0. The van der Waals surface area contributed by atoms with Gasteiger partial charge >= 0.3 is 5.97 Å². The number of carboxylic acid groups (broad SMARTS) is 1. The van der Waals surface area contributed by atoms with Gasteiger partial charge in [-0.05, 0) is 36.3 Å². The zero-order valence-corrected chi connectivity index (χ0v) is 16.7. The van der Waals surface area contributed by atoms with Gasteiger partial charge in [-0.25, -0.2) is 4.79 Å². The van der Waals surface area contributed by atoms with Crippen molar-refractivity contribution in [3.63, 3.8) is 0 Å². The van der Waals surface area contributed by atoms with E-state index in [1.165, 1.54) is 6.42 Å². The summed E-state index contributed by atoms with van der Waals surface area (Å²) < 4.78 is 16.5. The molecule has 2 rings (SSSR count). The monoisotopic (exact) mass is 384 g/mol. The number of benzene rings is 2. The lowest BCUT2D eigenvalue weighted by molar-refractivity contribution is -0.130. The number of unbranched alkanes of at least 4 members (excludes halogenated alkanes) is 3. The fraction of sp³-hybridized carbons (Fsp3) is 0.348. The summed E-state index contributed by atoms with van der Waals surface area (Å²) in [5.74, 6) is 0.810. The Hall–Kier alpha value is -2.95. The zero-order valence-electron chi connectivity index (χ0n) is 16.7. The molecule has 28 heavy (non-hydrogen) atoms. The van der Waals surface area contributed by atoms with Gasteiger partial charge in [-0.15, -0.1) is 0 Å². The van der Waals surface area contributed by atoms with Crippen molar-refractivity contribution in [1.29, 1.82) is 0 Å². The van der Waals surface area contributed by atoms with Crippen LogP contribution in [0.1, 0.15) is 43.7 Å². The van der Waals surface area contributed by atoms with Crippen molar-refractivity contribution in [2.24, 2.45) is 0 Å². The average Bonchev–Trinajstić information content (AvgIpc) is 2.72. The normalized spacial score (nSPS) is 11.2. The van der Waals surface area contributed by atoms with E-state index in [9.17, 15) is 9.90 Å². The summed E-state index contributed by atoms with van der Waals surface area (Å²) in [4.78, 5) is 11.9. The molecule has 5 heteroatoms. The Kier molecular flexibility index (Phi) is 8.40. The SMILES string of the molecule is CCCCCCOc1c(/C=C(\C(=O)O)c2ccc(OC)cc2)cccc1OC. The van der Waals surface area contributed by atoms with Gasteiger partial charge in [0.2, 0.25) is 0 Å². The van der Waals surface area contributed by atoms with E-state index in [4.69, 9.17) is 14.2 Å². The number of carbonyl (C=O) groups is 1. The molecule has 0 fully saturated rings. The highest BCUT2D eigenvalue weighted by atomic mass is 16.5. The van der Waals surface area contributed by atoms with E-state index in [1.54, 1.807) is 44.6 Å². The summed E-state index contributed by atoms with van der Waals surface area (Å²) in [5, 5.41) is 9.73. The summed E-state index contributed by atoms with van der Waals surface area (Å²) in [6.45, 7) is 2.72. The first-order valence-corrected chi connectivity index (χ1v) is 9.50. The number of hydrogen-bond acceptors (Lipinski definition) is 4. The molecule has 0 saturated heterocycles. The lowest BCUT2D eigenvalue weighted by Crippen LogP contribution is -2.03. The van der Waals surface area contributed by atoms with Gasteiger partial charge < -0.3 is 19.3 Å². The first-order valence-electron chi connectivity index (χ1n) is 9.50. The number of ether oxygens (including phenoxy) is 3. The standard InChI is InChI=1S/C23H28O5/c1-4-5-6-7-15-28-22-18(9-8-10-21(22)27-3)16-20(23(24)25)17-11-13-19(26-2)14-12-17/h8-14,16H,4-7,15H2,1-3H3,(H,24,25)/b20-16-. The van der Waals surface area contributed by atoms with Crippen molar-refractivity contribution in [3.05, 3.63) is 53.6 Å². The van der Waals surface area contributed by atoms with Crippen molar-refractivity contribution in [2.45, 2.75) is 32.6 Å². The molecule has 5 nitrogen and oxygen atoms in total. The van der Waals surface area contributed by atoms with Gasteiger partial charge in [-0.2, -0.15) is 0 Å². The van der Waals surface area contributed by atoms with Crippen molar-refractivity contribution in [1.82, 2.24) is 0 Å². The third kappa shape index (κ3) is 5.78. The lowest BCUT2D eigenvalue weighted by atomic mass is 10.0. The Morgan fingerprint density at radius 1 is 1.00 bits per heavy atom. The largest absolute Gasteiger partial charge is 0.497 e. The molecule has 0 aromatic heterocycles. The number of rotatable bonds is 11. The third-order valence-corrected chi connectivity index (χ3v) is 4.40. The highest BCUT2D eigenvalue weighted by Crippen LogP contribution is 2.34. The topological polar surface area (TPSA) is 65.0 Å². The van der Waals surface area contributed by atoms with E-state index < -0.39 is 5.97 Å². The van der Waals surface area contributed by atoms with E-state index in [1.807, 2.05) is 18.2 Å². The van der Waals surface area contributed by atoms with Crippen LogP contribution in [0.15, 0.2) is 42.5 Å².